The maximum absolute atomic E-state index is 12.9. The number of H-pyrrole nitrogens is 1. The normalized spacial score (nSPS) is 12.8. The summed E-state index contributed by atoms with van der Waals surface area (Å²) in [5.41, 5.74) is 2.14. The van der Waals surface area contributed by atoms with E-state index >= 15 is 0 Å². The first-order valence-electron chi connectivity index (χ1n) is 8.68. The third kappa shape index (κ3) is 4.74. The number of benzene rings is 1. The fourth-order valence-electron chi connectivity index (χ4n) is 2.95. The first-order valence-corrected chi connectivity index (χ1v) is 10.2. The minimum Gasteiger partial charge on any atom is -0.462 e. The Morgan fingerprint density at radius 1 is 1.19 bits per heavy atom. The highest BCUT2D eigenvalue weighted by atomic mass is 32.2. The summed E-state index contributed by atoms with van der Waals surface area (Å²) in [6.45, 7) is 6.99. The average Bonchev–Trinajstić information content (AvgIpc) is 2.89. The van der Waals surface area contributed by atoms with Gasteiger partial charge in [-0.2, -0.15) is 0 Å². The van der Waals surface area contributed by atoms with Crippen LogP contribution in [0.2, 0.25) is 0 Å². The summed E-state index contributed by atoms with van der Waals surface area (Å²) in [4.78, 5) is 15.1. The van der Waals surface area contributed by atoms with E-state index < -0.39 is 16.0 Å². The van der Waals surface area contributed by atoms with E-state index in [4.69, 9.17) is 4.74 Å². The number of hydrogen-bond donors (Lipinski definition) is 2. The van der Waals surface area contributed by atoms with E-state index in [9.17, 15) is 13.2 Å². The van der Waals surface area contributed by atoms with Crippen molar-refractivity contribution in [1.82, 2.24) is 9.71 Å². The minimum absolute atomic E-state index is 0.0278. The molecule has 0 fully saturated rings. The molecule has 1 heterocycles. The molecule has 0 spiro atoms. The molecule has 0 radical (unpaired) electrons. The van der Waals surface area contributed by atoms with Crippen LogP contribution in [0.4, 0.5) is 0 Å². The maximum Gasteiger partial charge on any atom is 0.341 e. The van der Waals surface area contributed by atoms with Crippen LogP contribution in [0.15, 0.2) is 35.2 Å². The van der Waals surface area contributed by atoms with Gasteiger partial charge in [-0.25, -0.2) is 17.9 Å². The quantitative estimate of drug-likeness (QED) is 0.691. The van der Waals surface area contributed by atoms with Crippen LogP contribution in [0.3, 0.4) is 0 Å². The van der Waals surface area contributed by atoms with Crippen LogP contribution >= 0.6 is 0 Å². The smallest absolute Gasteiger partial charge is 0.341 e. The van der Waals surface area contributed by atoms with Crippen LogP contribution in [0.1, 0.15) is 47.6 Å². The molecule has 1 aromatic heterocycles. The van der Waals surface area contributed by atoms with E-state index in [1.54, 1.807) is 20.8 Å². The highest BCUT2D eigenvalue weighted by molar-refractivity contribution is 7.89. The first kappa shape index (κ1) is 20.2. The molecule has 0 saturated carbocycles. The molecule has 1 aromatic carbocycles. The molecule has 0 amide bonds. The highest BCUT2D eigenvalue weighted by Crippen LogP contribution is 2.25. The Balaban J connectivity index is 2.18. The largest absolute Gasteiger partial charge is 0.462 e. The number of aryl methyl sites for hydroxylation is 3. The van der Waals surface area contributed by atoms with Crippen LogP contribution in [-0.2, 0) is 21.2 Å². The fourth-order valence-corrected chi connectivity index (χ4v) is 4.68. The molecule has 7 heteroatoms. The summed E-state index contributed by atoms with van der Waals surface area (Å²) >= 11 is 0. The zero-order valence-corrected chi connectivity index (χ0v) is 16.4. The predicted octanol–water partition coefficient (Wildman–Crippen LogP) is 3.11. The average molecular weight is 378 g/mol. The monoisotopic (exact) mass is 378 g/mol. The lowest BCUT2D eigenvalue weighted by Gasteiger charge is -2.15. The number of hydrogen-bond acceptors (Lipinski definition) is 4. The minimum atomic E-state index is -3.85. The third-order valence-electron chi connectivity index (χ3n) is 4.13. The van der Waals surface area contributed by atoms with Crippen LogP contribution in [0.25, 0.3) is 0 Å². The SMILES string of the molecule is CCOC(=O)c1c(C)[nH]c(C)c1S(=O)(=O)NC(C)CCc1ccccc1. The topological polar surface area (TPSA) is 88.3 Å². The number of nitrogens with one attached hydrogen (secondary N) is 2. The molecule has 1 atom stereocenters. The Labute approximate surface area is 155 Å². The molecule has 2 rings (SSSR count). The molecule has 6 nitrogen and oxygen atoms in total. The summed E-state index contributed by atoms with van der Waals surface area (Å²) in [6.07, 6.45) is 1.42. The molecular weight excluding hydrogens is 352 g/mol. The van der Waals surface area contributed by atoms with Gasteiger partial charge in [-0.3, -0.25) is 0 Å². The molecule has 0 aliphatic rings. The molecule has 0 aliphatic heterocycles. The van der Waals surface area contributed by atoms with E-state index in [1.807, 2.05) is 37.3 Å². The first-order chi connectivity index (χ1) is 12.3. The fraction of sp³-hybridized carbons (Fsp3) is 0.421. The zero-order chi connectivity index (χ0) is 19.3. The van der Waals surface area contributed by atoms with Gasteiger partial charge in [0.25, 0.3) is 0 Å². The Bertz CT molecular complexity index is 857. The van der Waals surface area contributed by atoms with E-state index in [2.05, 4.69) is 9.71 Å². The van der Waals surface area contributed by atoms with Crippen LogP contribution in [-0.4, -0.2) is 32.0 Å². The molecule has 142 valence electrons. The van der Waals surface area contributed by atoms with Crippen molar-refractivity contribution >= 4 is 16.0 Å². The van der Waals surface area contributed by atoms with Gasteiger partial charge in [-0.15, -0.1) is 0 Å². The summed E-state index contributed by atoms with van der Waals surface area (Å²) in [5, 5.41) is 0. The second-order valence-corrected chi connectivity index (χ2v) is 8.00. The van der Waals surface area contributed by atoms with Crippen molar-refractivity contribution in [2.75, 3.05) is 6.61 Å². The van der Waals surface area contributed by atoms with E-state index in [-0.39, 0.29) is 23.1 Å². The lowest BCUT2D eigenvalue weighted by Crippen LogP contribution is -2.34. The molecular formula is C19H26N2O4S. The zero-order valence-electron chi connectivity index (χ0n) is 15.6. The third-order valence-corrected chi connectivity index (χ3v) is 5.89. The van der Waals surface area contributed by atoms with E-state index in [0.717, 1.165) is 12.0 Å². The van der Waals surface area contributed by atoms with Crippen LogP contribution in [0, 0.1) is 13.8 Å². The van der Waals surface area contributed by atoms with Crippen LogP contribution in [0.5, 0.6) is 0 Å². The van der Waals surface area contributed by atoms with Crippen LogP contribution < -0.4 is 4.72 Å². The number of aromatic nitrogens is 1. The number of carbonyl (C=O) groups excluding carboxylic acids is 1. The van der Waals surface area contributed by atoms with Crippen molar-refractivity contribution in [3.8, 4) is 0 Å². The van der Waals surface area contributed by atoms with Gasteiger partial charge in [0.05, 0.1) is 6.61 Å². The number of esters is 1. The van der Waals surface area contributed by atoms with Gasteiger partial charge in [0.15, 0.2) is 0 Å². The van der Waals surface area contributed by atoms with Gasteiger partial charge in [-0.05, 0) is 46.1 Å². The number of aromatic amines is 1. The molecule has 26 heavy (non-hydrogen) atoms. The van der Waals surface area contributed by atoms with E-state index in [1.165, 1.54) is 0 Å². The number of carbonyl (C=O) groups is 1. The summed E-state index contributed by atoms with van der Waals surface area (Å²) < 4.78 is 33.5. The Kier molecular flexibility index (Phi) is 6.61. The van der Waals surface area contributed by atoms with Gasteiger partial charge in [0.2, 0.25) is 10.0 Å². The second kappa shape index (κ2) is 8.51. The molecule has 2 N–H and O–H groups in total. The molecule has 0 saturated heterocycles. The molecule has 1 unspecified atom stereocenters. The Morgan fingerprint density at radius 2 is 1.85 bits per heavy atom. The van der Waals surface area contributed by atoms with Crippen molar-refractivity contribution in [3.05, 3.63) is 52.8 Å². The summed E-state index contributed by atoms with van der Waals surface area (Å²) in [6, 6.07) is 9.62. The molecule has 2 aromatic rings. The van der Waals surface area contributed by atoms with Crippen molar-refractivity contribution in [3.63, 3.8) is 0 Å². The van der Waals surface area contributed by atoms with Gasteiger partial charge >= 0.3 is 5.97 Å². The van der Waals surface area contributed by atoms with Crippen molar-refractivity contribution < 1.29 is 17.9 Å². The van der Waals surface area contributed by atoms with Crippen molar-refractivity contribution in [1.29, 1.82) is 0 Å². The lowest BCUT2D eigenvalue weighted by molar-refractivity contribution is 0.0521. The number of ether oxygens (including phenoxy) is 1. The number of rotatable bonds is 8. The molecule has 0 aliphatic carbocycles. The van der Waals surface area contributed by atoms with Crippen molar-refractivity contribution in [2.45, 2.75) is 51.5 Å². The molecule has 0 bridgehead atoms. The lowest BCUT2D eigenvalue weighted by atomic mass is 10.1. The van der Waals surface area contributed by atoms with Gasteiger partial charge in [0.1, 0.15) is 10.5 Å². The Morgan fingerprint density at radius 3 is 2.46 bits per heavy atom. The van der Waals surface area contributed by atoms with Gasteiger partial charge < -0.3 is 9.72 Å². The van der Waals surface area contributed by atoms with Crippen molar-refractivity contribution in [2.24, 2.45) is 0 Å². The van der Waals surface area contributed by atoms with Gasteiger partial charge in [-0.1, -0.05) is 30.3 Å². The summed E-state index contributed by atoms with van der Waals surface area (Å²) in [5.74, 6) is -0.633. The maximum atomic E-state index is 12.9. The number of sulfonamides is 1. The van der Waals surface area contributed by atoms with Gasteiger partial charge in [0, 0.05) is 17.4 Å². The standard InChI is InChI=1S/C19H26N2O4S/c1-5-25-19(22)17-14(3)20-15(4)18(17)26(23,24)21-13(2)11-12-16-9-7-6-8-10-16/h6-10,13,20-21H,5,11-12H2,1-4H3. The Hall–Kier alpha value is -2.12. The second-order valence-electron chi connectivity index (χ2n) is 6.35. The van der Waals surface area contributed by atoms with E-state index in [0.29, 0.717) is 17.8 Å². The highest BCUT2D eigenvalue weighted by Gasteiger charge is 2.30. The predicted molar refractivity (Wildman–Crippen MR) is 101 cm³/mol. The summed E-state index contributed by atoms with van der Waals surface area (Å²) in [7, 11) is -3.85.